The molecule has 6 nitrogen and oxygen atoms in total. The number of nitrogens with one attached hydrogen (secondary N) is 1. The molecule has 2 aromatic heterocycles. The molecule has 0 aliphatic carbocycles. The van der Waals surface area contributed by atoms with Crippen molar-refractivity contribution >= 4 is 11.6 Å². The van der Waals surface area contributed by atoms with Crippen LogP contribution in [0.1, 0.15) is 5.56 Å². The zero-order valence-electron chi connectivity index (χ0n) is 10.1. The van der Waals surface area contributed by atoms with Crippen LogP contribution in [0.3, 0.4) is 0 Å². The number of nitrogens with zero attached hydrogens (tertiary/aromatic N) is 3. The molecule has 2 aromatic rings. The minimum absolute atomic E-state index is 0.332. The standard InChI is InChI=1S/C12H15N5O/c1-18-10-11(13)16-8-17-12(10)15-7-4-9-2-5-14-6-3-9/h2-3,5-6,8H,4,7H2,1H3,(H3,13,15,16,17). The summed E-state index contributed by atoms with van der Waals surface area (Å²) < 4.78 is 5.16. The summed E-state index contributed by atoms with van der Waals surface area (Å²) >= 11 is 0. The highest BCUT2D eigenvalue weighted by Gasteiger charge is 2.08. The maximum Gasteiger partial charge on any atom is 0.203 e. The molecule has 3 N–H and O–H groups in total. The van der Waals surface area contributed by atoms with Crippen LogP contribution in [-0.4, -0.2) is 28.6 Å². The van der Waals surface area contributed by atoms with E-state index >= 15 is 0 Å². The van der Waals surface area contributed by atoms with Gasteiger partial charge >= 0.3 is 0 Å². The number of anilines is 2. The molecule has 0 spiro atoms. The summed E-state index contributed by atoms with van der Waals surface area (Å²) in [5.41, 5.74) is 6.90. The predicted molar refractivity (Wildman–Crippen MR) is 69.4 cm³/mol. The molecule has 0 unspecified atom stereocenters. The van der Waals surface area contributed by atoms with Crippen molar-refractivity contribution in [3.63, 3.8) is 0 Å². The molecule has 0 atom stereocenters. The molecule has 0 amide bonds. The third-order valence-corrected chi connectivity index (χ3v) is 2.49. The zero-order valence-corrected chi connectivity index (χ0v) is 10.1. The highest BCUT2D eigenvalue weighted by Crippen LogP contribution is 2.25. The summed E-state index contributed by atoms with van der Waals surface area (Å²) in [4.78, 5) is 11.9. The van der Waals surface area contributed by atoms with Crippen LogP contribution >= 0.6 is 0 Å². The third-order valence-electron chi connectivity index (χ3n) is 2.49. The van der Waals surface area contributed by atoms with E-state index in [9.17, 15) is 0 Å². The molecule has 0 radical (unpaired) electrons. The molecule has 2 rings (SSSR count). The van der Waals surface area contributed by atoms with E-state index in [2.05, 4.69) is 20.3 Å². The quantitative estimate of drug-likeness (QED) is 0.820. The summed E-state index contributed by atoms with van der Waals surface area (Å²) in [5.74, 6) is 1.42. The van der Waals surface area contributed by atoms with Gasteiger partial charge in [-0.05, 0) is 24.1 Å². The number of nitrogens with two attached hydrogens (primary N) is 1. The normalized spacial score (nSPS) is 10.1. The van der Waals surface area contributed by atoms with Crippen LogP contribution < -0.4 is 15.8 Å². The number of ether oxygens (including phenoxy) is 1. The number of nitrogen functional groups attached to an aromatic ring is 1. The number of hydrogen-bond donors (Lipinski definition) is 2. The lowest BCUT2D eigenvalue weighted by molar-refractivity contribution is 0.415. The highest BCUT2D eigenvalue weighted by molar-refractivity contribution is 5.61. The lowest BCUT2D eigenvalue weighted by Gasteiger charge is -2.10. The first-order valence-electron chi connectivity index (χ1n) is 5.58. The van der Waals surface area contributed by atoms with Crippen LogP contribution in [0.2, 0.25) is 0 Å². The van der Waals surface area contributed by atoms with Crippen LogP contribution in [0.15, 0.2) is 30.9 Å². The van der Waals surface area contributed by atoms with Crippen molar-refractivity contribution in [3.8, 4) is 5.75 Å². The van der Waals surface area contributed by atoms with E-state index in [1.165, 1.54) is 11.9 Å². The maximum absolute atomic E-state index is 5.69. The molecule has 94 valence electrons. The average Bonchev–Trinajstić information content (AvgIpc) is 2.40. The lowest BCUT2D eigenvalue weighted by Crippen LogP contribution is -2.09. The summed E-state index contributed by atoms with van der Waals surface area (Å²) in [6, 6.07) is 3.96. The van der Waals surface area contributed by atoms with Crippen molar-refractivity contribution in [1.82, 2.24) is 15.0 Å². The van der Waals surface area contributed by atoms with E-state index < -0.39 is 0 Å². The van der Waals surface area contributed by atoms with E-state index in [4.69, 9.17) is 10.5 Å². The van der Waals surface area contributed by atoms with Gasteiger partial charge in [-0.15, -0.1) is 0 Å². The predicted octanol–water partition coefficient (Wildman–Crippen LogP) is 1.12. The molecule has 18 heavy (non-hydrogen) atoms. The van der Waals surface area contributed by atoms with Crippen LogP contribution in [-0.2, 0) is 6.42 Å². The van der Waals surface area contributed by atoms with Gasteiger partial charge in [0, 0.05) is 18.9 Å². The van der Waals surface area contributed by atoms with Gasteiger partial charge in [0.05, 0.1) is 7.11 Å². The Balaban J connectivity index is 1.96. The summed E-state index contributed by atoms with van der Waals surface area (Å²) in [7, 11) is 1.54. The van der Waals surface area contributed by atoms with Gasteiger partial charge in [-0.3, -0.25) is 4.98 Å². The second-order valence-electron chi connectivity index (χ2n) is 3.67. The van der Waals surface area contributed by atoms with E-state index in [-0.39, 0.29) is 0 Å². The fourth-order valence-corrected chi connectivity index (χ4v) is 1.59. The van der Waals surface area contributed by atoms with Crippen molar-refractivity contribution in [2.24, 2.45) is 0 Å². The molecular weight excluding hydrogens is 230 g/mol. The maximum atomic E-state index is 5.69. The number of rotatable bonds is 5. The molecule has 0 saturated carbocycles. The first-order valence-corrected chi connectivity index (χ1v) is 5.58. The average molecular weight is 245 g/mol. The molecular formula is C12H15N5O. The first kappa shape index (κ1) is 12.1. The Bertz CT molecular complexity index is 503. The smallest absolute Gasteiger partial charge is 0.203 e. The minimum atomic E-state index is 0.332. The van der Waals surface area contributed by atoms with Gasteiger partial charge in [0.2, 0.25) is 5.75 Å². The number of methoxy groups -OCH3 is 1. The minimum Gasteiger partial charge on any atom is -0.490 e. The Morgan fingerprint density at radius 3 is 2.78 bits per heavy atom. The fourth-order valence-electron chi connectivity index (χ4n) is 1.59. The van der Waals surface area contributed by atoms with Gasteiger partial charge in [-0.2, -0.15) is 0 Å². The van der Waals surface area contributed by atoms with Gasteiger partial charge in [0.25, 0.3) is 0 Å². The molecule has 6 heteroatoms. The zero-order chi connectivity index (χ0) is 12.8. The van der Waals surface area contributed by atoms with Crippen LogP contribution in [0.4, 0.5) is 11.6 Å². The highest BCUT2D eigenvalue weighted by atomic mass is 16.5. The van der Waals surface area contributed by atoms with E-state index in [1.54, 1.807) is 19.5 Å². The molecule has 0 aliphatic heterocycles. The van der Waals surface area contributed by atoms with Gasteiger partial charge in [-0.1, -0.05) is 0 Å². The second-order valence-corrected chi connectivity index (χ2v) is 3.67. The number of aromatic nitrogens is 3. The summed E-state index contributed by atoms with van der Waals surface area (Å²) in [6.07, 6.45) is 5.83. The van der Waals surface area contributed by atoms with E-state index in [0.717, 1.165) is 13.0 Å². The first-order chi connectivity index (χ1) is 8.81. The van der Waals surface area contributed by atoms with Gasteiger partial charge in [0.1, 0.15) is 6.33 Å². The fraction of sp³-hybridized carbons (Fsp3) is 0.250. The van der Waals surface area contributed by atoms with Crippen molar-refractivity contribution in [1.29, 1.82) is 0 Å². The SMILES string of the molecule is COc1c(N)ncnc1NCCc1ccncc1. The summed E-state index contributed by atoms with van der Waals surface area (Å²) in [5, 5.41) is 3.18. The van der Waals surface area contributed by atoms with Crippen molar-refractivity contribution in [3.05, 3.63) is 36.4 Å². The van der Waals surface area contributed by atoms with Crippen molar-refractivity contribution < 1.29 is 4.74 Å². The van der Waals surface area contributed by atoms with Crippen LogP contribution in [0.25, 0.3) is 0 Å². The number of pyridine rings is 1. The lowest BCUT2D eigenvalue weighted by atomic mass is 10.2. The van der Waals surface area contributed by atoms with E-state index in [1.807, 2.05) is 12.1 Å². The second kappa shape index (κ2) is 5.81. The Morgan fingerprint density at radius 1 is 1.28 bits per heavy atom. The summed E-state index contributed by atoms with van der Waals surface area (Å²) in [6.45, 7) is 0.733. The molecule has 2 heterocycles. The Morgan fingerprint density at radius 2 is 2.06 bits per heavy atom. The van der Waals surface area contributed by atoms with Crippen LogP contribution in [0.5, 0.6) is 5.75 Å². The van der Waals surface area contributed by atoms with Gasteiger partial charge in [-0.25, -0.2) is 9.97 Å². The van der Waals surface area contributed by atoms with Crippen molar-refractivity contribution in [2.45, 2.75) is 6.42 Å². The molecule has 0 aliphatic rings. The molecule has 0 fully saturated rings. The Hall–Kier alpha value is -2.37. The third kappa shape index (κ3) is 2.85. The molecule has 0 saturated heterocycles. The van der Waals surface area contributed by atoms with Crippen LogP contribution in [0, 0.1) is 0 Å². The Labute approximate surface area is 105 Å². The topological polar surface area (TPSA) is 86.0 Å². The van der Waals surface area contributed by atoms with Crippen molar-refractivity contribution in [2.75, 3.05) is 24.7 Å². The largest absolute Gasteiger partial charge is 0.490 e. The number of hydrogen-bond acceptors (Lipinski definition) is 6. The molecule has 0 aromatic carbocycles. The van der Waals surface area contributed by atoms with Gasteiger partial charge in [0.15, 0.2) is 11.6 Å². The Kier molecular flexibility index (Phi) is 3.90. The monoisotopic (exact) mass is 245 g/mol. The van der Waals surface area contributed by atoms with E-state index in [0.29, 0.717) is 17.4 Å². The van der Waals surface area contributed by atoms with Gasteiger partial charge < -0.3 is 15.8 Å². The molecule has 0 bridgehead atoms.